The number of hydrogen-bond donors (Lipinski definition) is 0. The molecule has 16 nitrogen and oxygen atoms in total. The molecule has 20 heteroatoms. The quantitative estimate of drug-likeness (QED) is 0.102. The Hall–Kier alpha value is -13.0. The molecular weight excluding hydrogens is 2380 g/mol. The van der Waals surface area contributed by atoms with Crippen LogP contribution in [0.3, 0.4) is 0 Å². The Morgan fingerprint density at radius 2 is 0.911 bits per heavy atom. The van der Waals surface area contributed by atoms with Gasteiger partial charge in [-0.2, -0.15) is 97.7 Å². The first kappa shape index (κ1) is 98.1. The number of imidazole rings is 2. The average molecular weight is 2480 g/mol. The van der Waals surface area contributed by atoms with Crippen molar-refractivity contribution in [3.8, 4) is 45.3 Å². The number of para-hydroxylation sites is 8. The predicted octanol–water partition coefficient (Wildman–Crippen LogP) is 27.8. The molecule has 0 saturated carbocycles. The van der Waals surface area contributed by atoms with Crippen LogP contribution in [0.2, 0.25) is 0 Å². The molecular formula is C115H101Ir4N15O-4. The maximum Gasteiger partial charge on any atom is 3.00 e. The third-order valence-corrected chi connectivity index (χ3v) is 23.8. The summed E-state index contributed by atoms with van der Waals surface area (Å²) in [7, 11) is 2.03. The molecule has 0 saturated heterocycles. The molecule has 13 aromatic carbocycles. The Morgan fingerprint density at radius 3 is 1.50 bits per heavy atom. The fraction of sp³-hybridized carbons (Fsp3) is 0.139. The molecule has 0 atom stereocenters. The molecule has 18 aromatic rings. The molecule has 0 fully saturated rings. The van der Waals surface area contributed by atoms with E-state index in [1.807, 2.05) is 211 Å². The van der Waals surface area contributed by atoms with Crippen molar-refractivity contribution >= 4 is 90.6 Å². The number of benzene rings is 13. The third-order valence-electron chi connectivity index (χ3n) is 23.8. The minimum Gasteiger partial charge on any atom is -0.514 e. The number of aryl methyl sites for hydroxylation is 3. The Labute approximate surface area is 848 Å². The second kappa shape index (κ2) is 44.0. The van der Waals surface area contributed by atoms with Gasteiger partial charge in [0.2, 0.25) is 0 Å². The first-order valence-corrected chi connectivity index (χ1v) is 44.4. The van der Waals surface area contributed by atoms with Crippen molar-refractivity contribution in [1.82, 2.24) is 39.0 Å². The molecule has 5 aromatic heterocycles. The SMILES string of the molecule is CC(C)N1[CH-]N(c2[c-]ccc3c2oc2ccccc23)c2ncccc21.CC(C)c1cccc(C(C)C)c1-n1ccnc1-c1[c-]cccc1.CN1C=CN(c2[c-]cc3c(c2)C(C)(C)c2ccccc2-3)[CH-]1.Cc1cc(C)c(-n2ccnc2-c2[c-]cccc2)c(C)c1.[Ir+3].[Ir+3].[Ir].[Ir].[c-]1ccccc1N1[CH-]N(c2ccccc2)c2ccccc21.[c-]1ccccc1N1[CH-]N(c2ccccc2)c2nccnc21. The first-order valence-electron chi connectivity index (χ1n) is 44.4. The maximum atomic E-state index is 6.17. The fourth-order valence-corrected chi connectivity index (χ4v) is 17.6. The summed E-state index contributed by atoms with van der Waals surface area (Å²) in [5.74, 6) is 5.32. The zero-order valence-corrected chi connectivity index (χ0v) is 86.6. The normalized spacial score (nSPS) is 13.1. The van der Waals surface area contributed by atoms with Crippen molar-refractivity contribution in [2.75, 3.05) is 41.3 Å². The van der Waals surface area contributed by atoms with E-state index in [2.05, 4.69) is 349 Å². The Bertz CT molecular complexity index is 6700. The summed E-state index contributed by atoms with van der Waals surface area (Å²) < 4.78 is 10.5. The predicted molar refractivity (Wildman–Crippen MR) is 535 cm³/mol. The van der Waals surface area contributed by atoms with E-state index in [1.165, 1.54) is 72.8 Å². The molecule has 682 valence electrons. The van der Waals surface area contributed by atoms with Gasteiger partial charge in [0.25, 0.3) is 0 Å². The van der Waals surface area contributed by atoms with Gasteiger partial charge in [0.15, 0.2) is 0 Å². The van der Waals surface area contributed by atoms with Crippen LogP contribution in [0.5, 0.6) is 0 Å². The zero-order valence-electron chi connectivity index (χ0n) is 77.0. The molecule has 1 aliphatic carbocycles. The Kier molecular flexibility index (Phi) is 32.0. The van der Waals surface area contributed by atoms with Gasteiger partial charge in [0.1, 0.15) is 23.0 Å². The number of nitrogens with zero attached hydrogens (tertiary/aromatic N) is 15. The van der Waals surface area contributed by atoms with Crippen LogP contribution in [0, 0.1) is 83.8 Å². The van der Waals surface area contributed by atoms with Crippen LogP contribution in [0.15, 0.2) is 357 Å². The van der Waals surface area contributed by atoms with Crippen LogP contribution in [0.1, 0.15) is 106 Å². The van der Waals surface area contributed by atoms with Gasteiger partial charge in [-0.25, -0.2) is 15.0 Å². The largest absolute Gasteiger partial charge is 3.00 e. The van der Waals surface area contributed by atoms with Crippen molar-refractivity contribution < 1.29 is 84.8 Å². The summed E-state index contributed by atoms with van der Waals surface area (Å²) in [6.45, 7) is 32.6. The van der Waals surface area contributed by atoms with Gasteiger partial charge < -0.3 is 52.8 Å². The van der Waals surface area contributed by atoms with E-state index in [0.29, 0.717) is 17.9 Å². The number of pyridine rings is 1. The average Bonchev–Trinajstić information content (AvgIpc) is 1.58. The Morgan fingerprint density at radius 1 is 0.385 bits per heavy atom. The molecule has 5 aliphatic rings. The number of hydrogen-bond acceptors (Lipinski definition) is 14. The number of fused-ring (bicyclic) bond motifs is 9. The first-order chi connectivity index (χ1) is 63.9. The summed E-state index contributed by atoms with van der Waals surface area (Å²) in [5.41, 5.74) is 27.9. The van der Waals surface area contributed by atoms with Crippen LogP contribution in [0.4, 0.5) is 68.6 Å². The summed E-state index contributed by atoms with van der Waals surface area (Å²) >= 11 is 0. The van der Waals surface area contributed by atoms with Crippen molar-refractivity contribution in [2.24, 2.45) is 0 Å². The summed E-state index contributed by atoms with van der Waals surface area (Å²) in [6, 6.07) is 121. The van der Waals surface area contributed by atoms with Crippen molar-refractivity contribution in [3.63, 3.8) is 0 Å². The van der Waals surface area contributed by atoms with Crippen molar-refractivity contribution in [2.45, 2.75) is 99.5 Å². The second-order valence-electron chi connectivity index (χ2n) is 34.0. The standard InChI is InChI=1S/C21H17N3O.C21H23N2.C19H18N2.C19H14N2.C18H17N2.C17H12N4.4Ir/c1-14(2)23-13-24(21-18(23)10-6-12-22-21)17-9-5-8-16-15-7-3-4-11-19(15)25-20(16)17;1-15(2)18-11-8-12-19(16(3)4)20(18)23-14-13-22-21(23)17-9-6-5-7-10-17;1-19(2)17-7-5-4-6-15(17)16-9-8-14(12-18(16)19)21-11-10-20(3)13-21;1-3-9-16(10-4-1)20-15-21(17-11-5-2-6-12-17)19-14-8-7-13-18(19)20;1-13-11-14(2)17(15(3)12-13)20-10-9-19-18(20)16-7-5-4-6-8-16;1-3-7-14(8-4-1)20-13-21(15-9-5-2-6-10-15)17-16(20)18-11-12-19-17;;;;/h3-8,10-14H,1-2H3;5-9,11-16H,1-4H3;4-7,9-13H,1-3H3;1-11,13-15H;4-7,9-12H,1-3H3;1-9,11-13H;;;;/q-2;-1;2*-2;-1;-2;;;2*+3. The topological polar surface area (TPSA) is 113 Å². The number of furan rings is 1. The van der Waals surface area contributed by atoms with E-state index in [4.69, 9.17) is 4.42 Å². The van der Waals surface area contributed by atoms with Crippen LogP contribution in [-0.2, 0) is 85.8 Å². The van der Waals surface area contributed by atoms with Crippen molar-refractivity contribution in [1.29, 1.82) is 0 Å². The molecule has 23 rings (SSSR count). The summed E-state index contributed by atoms with van der Waals surface area (Å²) in [5, 5.41) is 2.21. The smallest absolute Gasteiger partial charge is 0.514 e. The minimum absolute atomic E-state index is 0. The van der Waals surface area contributed by atoms with Gasteiger partial charge in [-0.1, -0.05) is 185 Å². The molecule has 4 aliphatic heterocycles. The van der Waals surface area contributed by atoms with Gasteiger partial charge in [-0.15, -0.1) is 126 Å². The van der Waals surface area contributed by atoms with Crippen LogP contribution < -0.4 is 34.3 Å². The summed E-state index contributed by atoms with van der Waals surface area (Å²) in [4.78, 5) is 39.5. The maximum absolute atomic E-state index is 6.17. The van der Waals surface area contributed by atoms with Gasteiger partial charge in [0, 0.05) is 134 Å². The van der Waals surface area contributed by atoms with E-state index in [9.17, 15) is 0 Å². The zero-order chi connectivity index (χ0) is 90.2. The van der Waals surface area contributed by atoms with E-state index >= 15 is 0 Å². The van der Waals surface area contributed by atoms with Crippen LogP contribution in [0.25, 0.3) is 67.2 Å². The molecule has 0 bridgehead atoms. The van der Waals surface area contributed by atoms with Crippen LogP contribution >= 0.6 is 0 Å². The van der Waals surface area contributed by atoms with Gasteiger partial charge in [0.05, 0.1) is 11.6 Å². The van der Waals surface area contributed by atoms with E-state index in [-0.39, 0.29) is 85.8 Å². The summed E-state index contributed by atoms with van der Waals surface area (Å²) in [6.07, 6.45) is 17.1. The van der Waals surface area contributed by atoms with Gasteiger partial charge >= 0.3 is 40.2 Å². The molecule has 0 amide bonds. The molecule has 0 N–H and O–H groups in total. The third kappa shape index (κ3) is 20.7. The van der Waals surface area contributed by atoms with E-state index in [0.717, 1.165) is 102 Å². The number of aromatic nitrogens is 7. The minimum atomic E-state index is 0. The second-order valence-corrected chi connectivity index (χ2v) is 34.0. The van der Waals surface area contributed by atoms with E-state index in [1.54, 1.807) is 12.4 Å². The van der Waals surface area contributed by atoms with E-state index < -0.39 is 0 Å². The van der Waals surface area contributed by atoms with Crippen LogP contribution in [-0.4, -0.2) is 52.0 Å². The molecule has 135 heavy (non-hydrogen) atoms. The van der Waals surface area contributed by atoms with Gasteiger partial charge in [-0.3, -0.25) is 9.97 Å². The number of rotatable bonds is 13. The number of anilines is 12. The van der Waals surface area contributed by atoms with Crippen molar-refractivity contribution in [3.05, 3.63) is 455 Å². The molecule has 2 radical (unpaired) electrons. The van der Waals surface area contributed by atoms with Gasteiger partial charge in [-0.05, 0) is 160 Å². The monoisotopic (exact) mass is 2480 g/mol. The molecule has 0 unspecified atom stereocenters. The molecule has 9 heterocycles. The molecule has 0 spiro atoms. The fourth-order valence-electron chi connectivity index (χ4n) is 17.6. The Balaban J connectivity index is 0.000000129.